The first-order chi connectivity index (χ1) is 13.6. The lowest BCUT2D eigenvalue weighted by atomic mass is 10.3. The maximum atomic E-state index is 12.8. The lowest BCUT2D eigenvalue weighted by molar-refractivity contribution is -0.131. The SMILES string of the molecule is COCCn1nc2n(c1=O)CCN(C(=O)Cn1c(=O)oc3ccccc31)CC2. The van der Waals surface area contributed by atoms with Crippen molar-refractivity contribution in [3.63, 3.8) is 0 Å². The number of oxazole rings is 1. The molecule has 1 amide bonds. The minimum absolute atomic E-state index is 0.101. The van der Waals surface area contributed by atoms with E-state index in [9.17, 15) is 14.4 Å². The van der Waals surface area contributed by atoms with Crippen LogP contribution in [0.4, 0.5) is 0 Å². The molecule has 148 valence electrons. The van der Waals surface area contributed by atoms with Gasteiger partial charge in [-0.25, -0.2) is 14.3 Å². The van der Waals surface area contributed by atoms with E-state index in [4.69, 9.17) is 9.15 Å². The van der Waals surface area contributed by atoms with Gasteiger partial charge in [0.15, 0.2) is 5.58 Å². The van der Waals surface area contributed by atoms with Crippen LogP contribution >= 0.6 is 0 Å². The highest BCUT2D eigenvalue weighted by atomic mass is 16.5. The van der Waals surface area contributed by atoms with Crippen molar-refractivity contribution in [1.29, 1.82) is 0 Å². The molecule has 4 rings (SSSR count). The van der Waals surface area contributed by atoms with E-state index in [1.807, 2.05) is 0 Å². The average molecular weight is 387 g/mol. The molecular formula is C18H21N5O5. The van der Waals surface area contributed by atoms with Crippen molar-refractivity contribution in [3.8, 4) is 0 Å². The van der Waals surface area contributed by atoms with Crippen LogP contribution in [-0.2, 0) is 35.6 Å². The normalized spacial score (nSPS) is 14.2. The van der Waals surface area contributed by atoms with Gasteiger partial charge in [-0.1, -0.05) is 12.1 Å². The minimum Gasteiger partial charge on any atom is -0.408 e. The number of rotatable bonds is 5. The summed E-state index contributed by atoms with van der Waals surface area (Å²) >= 11 is 0. The third-order valence-electron chi connectivity index (χ3n) is 4.93. The Morgan fingerprint density at radius 1 is 1.21 bits per heavy atom. The summed E-state index contributed by atoms with van der Waals surface area (Å²) in [4.78, 5) is 39.0. The molecule has 28 heavy (non-hydrogen) atoms. The Morgan fingerprint density at radius 3 is 2.86 bits per heavy atom. The van der Waals surface area contributed by atoms with Gasteiger partial charge in [0.05, 0.1) is 18.7 Å². The molecule has 0 fully saturated rings. The number of carbonyl (C=O) groups excluding carboxylic acids is 1. The van der Waals surface area contributed by atoms with Gasteiger partial charge in [-0.15, -0.1) is 0 Å². The number of aromatic nitrogens is 4. The van der Waals surface area contributed by atoms with E-state index >= 15 is 0 Å². The number of amides is 1. The van der Waals surface area contributed by atoms with E-state index in [0.29, 0.717) is 56.1 Å². The number of para-hydroxylation sites is 2. The molecule has 0 bridgehead atoms. The van der Waals surface area contributed by atoms with Crippen LogP contribution in [0.3, 0.4) is 0 Å². The number of benzene rings is 1. The van der Waals surface area contributed by atoms with Gasteiger partial charge in [-0.05, 0) is 12.1 Å². The quantitative estimate of drug-likeness (QED) is 0.595. The fourth-order valence-corrected chi connectivity index (χ4v) is 3.43. The summed E-state index contributed by atoms with van der Waals surface area (Å²) in [7, 11) is 1.57. The minimum atomic E-state index is -0.557. The highest BCUT2D eigenvalue weighted by molar-refractivity contribution is 5.79. The standard InChI is InChI=1S/C18H21N5O5/c1-27-11-10-23-17(25)21-9-8-20(7-6-15(21)19-23)16(24)12-22-13-4-2-3-5-14(13)28-18(22)26/h2-5H,6-12H2,1H3. The molecule has 0 saturated heterocycles. The Bertz CT molecular complexity index is 1120. The number of nitrogens with zero attached hydrogens (tertiary/aromatic N) is 5. The van der Waals surface area contributed by atoms with Crippen LogP contribution in [0.1, 0.15) is 5.82 Å². The van der Waals surface area contributed by atoms with Crippen molar-refractivity contribution in [2.24, 2.45) is 0 Å². The second kappa shape index (κ2) is 7.47. The van der Waals surface area contributed by atoms with Crippen LogP contribution < -0.4 is 11.4 Å². The molecule has 0 N–H and O–H groups in total. The van der Waals surface area contributed by atoms with E-state index in [1.165, 1.54) is 9.25 Å². The molecule has 10 nitrogen and oxygen atoms in total. The number of hydrogen-bond donors (Lipinski definition) is 0. The average Bonchev–Trinajstić information content (AvgIpc) is 3.06. The molecule has 10 heteroatoms. The number of fused-ring (bicyclic) bond motifs is 2. The summed E-state index contributed by atoms with van der Waals surface area (Å²) in [5.74, 6) is -0.0974. The maximum Gasteiger partial charge on any atom is 0.420 e. The van der Waals surface area contributed by atoms with E-state index in [0.717, 1.165) is 0 Å². The monoisotopic (exact) mass is 387 g/mol. The van der Waals surface area contributed by atoms with Crippen molar-refractivity contribution >= 4 is 17.0 Å². The van der Waals surface area contributed by atoms with Crippen molar-refractivity contribution in [2.45, 2.75) is 26.1 Å². The van der Waals surface area contributed by atoms with Crippen LogP contribution in [0.25, 0.3) is 11.1 Å². The zero-order valence-electron chi connectivity index (χ0n) is 15.5. The topological polar surface area (TPSA) is 104 Å². The molecule has 3 aromatic rings. The fourth-order valence-electron chi connectivity index (χ4n) is 3.43. The first-order valence-electron chi connectivity index (χ1n) is 9.10. The van der Waals surface area contributed by atoms with E-state index in [2.05, 4.69) is 5.10 Å². The summed E-state index contributed by atoms with van der Waals surface area (Å²) in [5, 5.41) is 4.35. The van der Waals surface area contributed by atoms with Gasteiger partial charge in [0.2, 0.25) is 5.91 Å². The van der Waals surface area contributed by atoms with Gasteiger partial charge in [-0.3, -0.25) is 13.9 Å². The Kier molecular flexibility index (Phi) is 4.86. The Hall–Kier alpha value is -3.14. The molecule has 1 aliphatic rings. The fraction of sp³-hybridized carbons (Fsp3) is 0.444. The highest BCUT2D eigenvalue weighted by Gasteiger charge is 2.23. The molecule has 0 aliphatic carbocycles. The Balaban J connectivity index is 1.49. The first-order valence-corrected chi connectivity index (χ1v) is 9.10. The first kappa shape index (κ1) is 18.2. The number of carbonyl (C=O) groups is 1. The second-order valence-corrected chi connectivity index (χ2v) is 6.62. The number of methoxy groups -OCH3 is 1. The molecule has 0 spiro atoms. The number of ether oxygens (including phenoxy) is 1. The van der Waals surface area contributed by atoms with Crippen molar-refractivity contribution < 1.29 is 13.9 Å². The summed E-state index contributed by atoms with van der Waals surface area (Å²) in [6, 6.07) is 7.00. The molecule has 0 unspecified atom stereocenters. The van der Waals surface area contributed by atoms with Crippen LogP contribution in [0.15, 0.2) is 38.3 Å². The third kappa shape index (κ3) is 3.26. The Labute approximate surface area is 159 Å². The number of hydrogen-bond acceptors (Lipinski definition) is 6. The third-order valence-corrected chi connectivity index (χ3v) is 4.93. The second-order valence-electron chi connectivity index (χ2n) is 6.62. The molecule has 0 atom stereocenters. The predicted molar refractivity (Wildman–Crippen MR) is 99.1 cm³/mol. The largest absolute Gasteiger partial charge is 0.420 e. The maximum absolute atomic E-state index is 12.8. The van der Waals surface area contributed by atoms with E-state index in [1.54, 1.807) is 40.8 Å². The van der Waals surface area contributed by atoms with Crippen LogP contribution in [0.5, 0.6) is 0 Å². The zero-order valence-corrected chi connectivity index (χ0v) is 15.5. The van der Waals surface area contributed by atoms with Gasteiger partial charge in [-0.2, -0.15) is 5.10 Å². The molecule has 1 aliphatic heterocycles. The molecule has 3 heterocycles. The summed E-state index contributed by atoms with van der Waals surface area (Å²) < 4.78 is 14.5. The highest BCUT2D eigenvalue weighted by Crippen LogP contribution is 2.12. The molecule has 1 aromatic carbocycles. The van der Waals surface area contributed by atoms with E-state index < -0.39 is 5.76 Å². The summed E-state index contributed by atoms with van der Waals surface area (Å²) in [6.45, 7) is 1.89. The molecular weight excluding hydrogens is 366 g/mol. The van der Waals surface area contributed by atoms with Crippen molar-refractivity contribution in [1.82, 2.24) is 23.8 Å². The lowest BCUT2D eigenvalue weighted by Crippen LogP contribution is -2.38. The van der Waals surface area contributed by atoms with Gasteiger partial charge in [0.25, 0.3) is 0 Å². The summed E-state index contributed by atoms with van der Waals surface area (Å²) in [6.07, 6.45) is 0.474. The van der Waals surface area contributed by atoms with Gasteiger partial charge >= 0.3 is 11.4 Å². The van der Waals surface area contributed by atoms with Crippen LogP contribution in [0.2, 0.25) is 0 Å². The zero-order chi connectivity index (χ0) is 19.7. The van der Waals surface area contributed by atoms with Gasteiger partial charge < -0.3 is 14.1 Å². The molecule has 0 saturated carbocycles. The molecule has 2 aromatic heterocycles. The molecule has 0 radical (unpaired) electrons. The van der Waals surface area contributed by atoms with Gasteiger partial charge in [0.1, 0.15) is 12.4 Å². The van der Waals surface area contributed by atoms with Crippen LogP contribution in [-0.4, -0.2) is 56.5 Å². The smallest absolute Gasteiger partial charge is 0.408 e. The predicted octanol–water partition coefficient (Wildman–Crippen LogP) is -0.316. The van der Waals surface area contributed by atoms with E-state index in [-0.39, 0.29) is 18.1 Å². The van der Waals surface area contributed by atoms with Gasteiger partial charge in [0, 0.05) is 33.2 Å². The van der Waals surface area contributed by atoms with Crippen molar-refractivity contribution in [3.05, 3.63) is 51.1 Å². The van der Waals surface area contributed by atoms with Crippen molar-refractivity contribution in [2.75, 3.05) is 26.8 Å². The lowest BCUT2D eigenvalue weighted by Gasteiger charge is -2.20. The summed E-state index contributed by atoms with van der Waals surface area (Å²) in [5.41, 5.74) is 0.843. The Morgan fingerprint density at radius 2 is 2.04 bits per heavy atom. The van der Waals surface area contributed by atoms with Crippen LogP contribution in [0, 0.1) is 0 Å².